The first kappa shape index (κ1) is 17.5. The van der Waals surface area contributed by atoms with Gasteiger partial charge in [0.2, 0.25) is 0 Å². The van der Waals surface area contributed by atoms with Crippen LogP contribution in [0.25, 0.3) is 10.6 Å². The van der Waals surface area contributed by atoms with E-state index in [1.165, 1.54) is 12.1 Å². The minimum atomic E-state index is 0.114. The molecule has 0 atom stereocenters. The van der Waals surface area contributed by atoms with Gasteiger partial charge in [-0.05, 0) is 48.7 Å². The summed E-state index contributed by atoms with van der Waals surface area (Å²) < 4.78 is 5.17. The topological polar surface area (TPSA) is 77.9 Å². The zero-order valence-corrected chi connectivity index (χ0v) is 14.2. The summed E-state index contributed by atoms with van der Waals surface area (Å²) in [6, 6.07) is 12.3. The van der Waals surface area contributed by atoms with Gasteiger partial charge >= 0.3 is 0 Å². The summed E-state index contributed by atoms with van der Waals surface area (Å²) >= 11 is 0. The number of allylic oxidation sites excluding steroid dienone is 2. The first-order valence-corrected chi connectivity index (χ1v) is 7.62. The highest BCUT2D eigenvalue weighted by Gasteiger charge is 2.03. The zero-order valence-electron chi connectivity index (χ0n) is 14.2. The molecule has 0 heterocycles. The number of hydrogen-bond acceptors (Lipinski definition) is 3. The quantitative estimate of drug-likeness (QED) is 0.752. The van der Waals surface area contributed by atoms with Crippen LogP contribution in [0.15, 0.2) is 53.9 Å². The molecule has 2 aromatic carbocycles. The monoisotopic (exact) mass is 326 g/mol. The van der Waals surface area contributed by atoms with Gasteiger partial charge in [-0.25, -0.2) is 0 Å². The molecule has 0 saturated heterocycles. The number of likely N-dealkylation sites (N-methyl/N-ethyl adjacent to an activating group) is 2. The van der Waals surface area contributed by atoms with Crippen molar-refractivity contribution in [3.05, 3.63) is 75.6 Å². The molecule has 0 aliphatic carbocycles. The van der Waals surface area contributed by atoms with Crippen LogP contribution in [0.5, 0.6) is 17.2 Å². The van der Waals surface area contributed by atoms with Crippen molar-refractivity contribution < 1.29 is 14.9 Å². The Hall–Kier alpha value is -2.82. The predicted octanol–water partition coefficient (Wildman–Crippen LogP) is 4.11. The van der Waals surface area contributed by atoms with E-state index in [1.54, 1.807) is 27.3 Å². The summed E-state index contributed by atoms with van der Waals surface area (Å²) in [7, 11) is 5.07. The summed E-state index contributed by atoms with van der Waals surface area (Å²) in [5.41, 5.74) is 3.32. The van der Waals surface area contributed by atoms with E-state index in [1.807, 2.05) is 24.3 Å². The van der Waals surface area contributed by atoms with E-state index >= 15 is 0 Å². The molecule has 0 aromatic heterocycles. The molecule has 0 radical (unpaired) electrons. The third kappa shape index (κ3) is 4.35. The molecule has 0 spiro atoms. The molecule has 128 valence electrons. The minimum Gasteiger partial charge on any atom is -0.691 e. The lowest BCUT2D eigenvalue weighted by Crippen LogP contribution is -1.99. The molecule has 0 aliphatic rings. The van der Waals surface area contributed by atoms with Crippen LogP contribution in [-0.2, 0) is 12.8 Å². The van der Waals surface area contributed by atoms with E-state index in [2.05, 4.69) is 10.6 Å². The van der Waals surface area contributed by atoms with Crippen LogP contribution >= 0.6 is 0 Å². The Labute approximate surface area is 142 Å². The SMILES string of the molecule is C[N-]C(Cc1ccc(OC)cc1)=C(Cc1cc(O)ccc1O)[N-]C. The van der Waals surface area contributed by atoms with Crippen molar-refractivity contribution in [3.8, 4) is 17.2 Å². The molecule has 5 nitrogen and oxygen atoms in total. The molecule has 0 unspecified atom stereocenters. The molecular weight excluding hydrogens is 304 g/mol. The lowest BCUT2D eigenvalue weighted by atomic mass is 10.0. The van der Waals surface area contributed by atoms with Gasteiger partial charge in [-0.2, -0.15) is 11.4 Å². The average molecular weight is 326 g/mol. The summed E-state index contributed by atoms with van der Waals surface area (Å²) in [5.74, 6) is 1.06. The molecule has 2 N–H and O–H groups in total. The van der Waals surface area contributed by atoms with E-state index in [9.17, 15) is 10.2 Å². The van der Waals surface area contributed by atoms with Crippen LogP contribution in [0.3, 0.4) is 0 Å². The summed E-state index contributed by atoms with van der Waals surface area (Å²) in [6.45, 7) is 0. The first-order chi connectivity index (χ1) is 11.6. The van der Waals surface area contributed by atoms with Crippen LogP contribution < -0.4 is 4.74 Å². The van der Waals surface area contributed by atoms with Gasteiger partial charge in [0.05, 0.1) is 7.11 Å². The van der Waals surface area contributed by atoms with Crippen molar-refractivity contribution in [2.75, 3.05) is 21.2 Å². The number of nitrogens with zero attached hydrogens (tertiary/aromatic N) is 2. The fourth-order valence-corrected chi connectivity index (χ4v) is 2.45. The second kappa shape index (κ2) is 8.15. The van der Waals surface area contributed by atoms with Crippen molar-refractivity contribution in [2.24, 2.45) is 0 Å². The number of phenolic OH excluding ortho intramolecular Hbond substituents is 2. The van der Waals surface area contributed by atoms with E-state index in [-0.39, 0.29) is 11.5 Å². The van der Waals surface area contributed by atoms with E-state index in [0.29, 0.717) is 18.4 Å². The number of methoxy groups -OCH3 is 1. The van der Waals surface area contributed by atoms with Gasteiger partial charge in [-0.15, -0.1) is 14.1 Å². The molecule has 24 heavy (non-hydrogen) atoms. The summed E-state index contributed by atoms with van der Waals surface area (Å²) in [4.78, 5) is 0. The number of phenols is 2. The van der Waals surface area contributed by atoms with Crippen molar-refractivity contribution >= 4 is 0 Å². The van der Waals surface area contributed by atoms with Crippen LogP contribution in [0.4, 0.5) is 0 Å². The summed E-state index contributed by atoms with van der Waals surface area (Å²) in [5, 5.41) is 28.3. The third-order valence-electron chi connectivity index (χ3n) is 3.82. The molecule has 0 fully saturated rings. The molecule has 0 amide bonds. The van der Waals surface area contributed by atoms with Gasteiger partial charge in [0.1, 0.15) is 17.2 Å². The van der Waals surface area contributed by atoms with Crippen LogP contribution in [0, 0.1) is 0 Å². The lowest BCUT2D eigenvalue weighted by Gasteiger charge is -2.33. The Bertz CT molecular complexity index is 709. The van der Waals surface area contributed by atoms with Crippen molar-refractivity contribution in [1.29, 1.82) is 0 Å². The highest BCUT2D eigenvalue weighted by atomic mass is 16.5. The Kier molecular flexibility index (Phi) is 5.95. The number of rotatable bonds is 7. The maximum atomic E-state index is 9.96. The lowest BCUT2D eigenvalue weighted by molar-refractivity contribution is 0.414. The smallest absolute Gasteiger partial charge is 0.119 e. The van der Waals surface area contributed by atoms with Gasteiger partial charge in [-0.3, -0.25) is 0 Å². The Balaban J connectivity index is 2.25. The highest BCUT2D eigenvalue weighted by molar-refractivity contribution is 5.45. The molecule has 2 aromatic rings. The molecular formula is C19H22N2O3-2. The van der Waals surface area contributed by atoms with Gasteiger partial charge in [0, 0.05) is 5.56 Å². The van der Waals surface area contributed by atoms with Gasteiger partial charge < -0.3 is 25.6 Å². The Morgan fingerprint density at radius 3 is 2.12 bits per heavy atom. The standard InChI is InChI=1S/C19H22N2O3/c1-20-17(10-13-4-7-16(24-3)8-5-13)18(21-2)12-14-11-15(22)6-9-19(14)23/h4-9,11,22-23H,10,12H2,1-3H3/q-2. The second-order valence-corrected chi connectivity index (χ2v) is 5.36. The molecule has 2 rings (SSSR count). The zero-order chi connectivity index (χ0) is 17.5. The van der Waals surface area contributed by atoms with Gasteiger partial charge in [-0.1, -0.05) is 12.1 Å². The highest BCUT2D eigenvalue weighted by Crippen LogP contribution is 2.29. The third-order valence-corrected chi connectivity index (χ3v) is 3.82. The Morgan fingerprint density at radius 2 is 1.54 bits per heavy atom. The van der Waals surface area contributed by atoms with Crippen molar-refractivity contribution in [2.45, 2.75) is 12.8 Å². The average Bonchev–Trinajstić information content (AvgIpc) is 2.61. The summed E-state index contributed by atoms with van der Waals surface area (Å²) in [6.07, 6.45) is 1.03. The van der Waals surface area contributed by atoms with Crippen molar-refractivity contribution in [1.82, 2.24) is 0 Å². The van der Waals surface area contributed by atoms with E-state index in [0.717, 1.165) is 22.7 Å². The first-order valence-electron chi connectivity index (χ1n) is 7.62. The van der Waals surface area contributed by atoms with Gasteiger partial charge in [0.15, 0.2) is 0 Å². The largest absolute Gasteiger partial charge is 0.691 e. The molecule has 0 aliphatic heterocycles. The second-order valence-electron chi connectivity index (χ2n) is 5.36. The maximum absolute atomic E-state index is 9.96. The normalized spacial score (nSPS) is 11.6. The maximum Gasteiger partial charge on any atom is 0.119 e. The van der Waals surface area contributed by atoms with E-state index < -0.39 is 0 Å². The molecule has 5 heteroatoms. The fraction of sp³-hybridized carbons (Fsp3) is 0.263. The minimum absolute atomic E-state index is 0.114. The molecule has 0 saturated carbocycles. The van der Waals surface area contributed by atoms with E-state index in [4.69, 9.17) is 4.74 Å². The predicted molar refractivity (Wildman–Crippen MR) is 95.8 cm³/mol. The molecule has 0 bridgehead atoms. The van der Waals surface area contributed by atoms with Crippen molar-refractivity contribution in [3.63, 3.8) is 0 Å². The fourth-order valence-electron chi connectivity index (χ4n) is 2.45. The van der Waals surface area contributed by atoms with Crippen LogP contribution in [0.2, 0.25) is 0 Å². The van der Waals surface area contributed by atoms with Gasteiger partial charge in [0.25, 0.3) is 0 Å². The number of ether oxygens (including phenoxy) is 1. The van der Waals surface area contributed by atoms with Crippen LogP contribution in [-0.4, -0.2) is 31.4 Å². The number of hydrogen-bond donors (Lipinski definition) is 2. The number of benzene rings is 2. The van der Waals surface area contributed by atoms with Crippen LogP contribution in [0.1, 0.15) is 11.1 Å². The number of aromatic hydroxyl groups is 2. The Morgan fingerprint density at radius 1 is 0.917 bits per heavy atom.